The lowest BCUT2D eigenvalue weighted by atomic mass is 10.2. The van der Waals surface area contributed by atoms with Crippen molar-refractivity contribution in [3.63, 3.8) is 0 Å². The van der Waals surface area contributed by atoms with E-state index in [0.717, 1.165) is 0 Å². The summed E-state index contributed by atoms with van der Waals surface area (Å²) in [6.45, 7) is 0. The summed E-state index contributed by atoms with van der Waals surface area (Å²) in [5.74, 6) is -1.60. The Morgan fingerprint density at radius 2 is 1.92 bits per heavy atom. The Morgan fingerprint density at radius 3 is 2.58 bits per heavy atom. The minimum atomic E-state index is -1.31. The molecular weight excluding hydrogens is 166 g/mol. The smallest absolute Gasteiger partial charge is 0.360 e. The zero-order chi connectivity index (χ0) is 9.14. The molecule has 0 aromatic carbocycles. The number of ether oxygens (including phenoxy) is 2. The molecule has 6 nitrogen and oxygen atoms in total. The highest BCUT2D eigenvalue weighted by molar-refractivity contribution is 5.92. The molecule has 1 aliphatic heterocycles. The van der Waals surface area contributed by atoms with Gasteiger partial charge < -0.3 is 15.2 Å². The first-order valence-electron chi connectivity index (χ1n) is 3.31. The predicted octanol–water partition coefficient (Wildman–Crippen LogP) is -0.686. The van der Waals surface area contributed by atoms with Crippen LogP contribution in [0.2, 0.25) is 0 Å². The molecule has 1 fully saturated rings. The van der Waals surface area contributed by atoms with E-state index in [1.807, 2.05) is 0 Å². The van der Waals surface area contributed by atoms with Crippen molar-refractivity contribution in [1.82, 2.24) is 0 Å². The molecule has 1 aliphatic rings. The van der Waals surface area contributed by atoms with E-state index in [-0.39, 0.29) is 12.8 Å². The third kappa shape index (κ3) is 2.03. The van der Waals surface area contributed by atoms with Gasteiger partial charge >= 0.3 is 18.1 Å². The summed E-state index contributed by atoms with van der Waals surface area (Å²) in [6, 6.07) is -0.929. The van der Waals surface area contributed by atoms with Crippen molar-refractivity contribution >= 4 is 18.1 Å². The van der Waals surface area contributed by atoms with Crippen molar-refractivity contribution in [2.75, 3.05) is 0 Å². The molecule has 0 saturated carbocycles. The second-order valence-corrected chi connectivity index (χ2v) is 2.29. The van der Waals surface area contributed by atoms with Gasteiger partial charge in [0.2, 0.25) is 0 Å². The number of hydrogen-bond acceptors (Lipinski definition) is 6. The molecule has 66 valence electrons. The first-order valence-corrected chi connectivity index (χ1v) is 3.31. The monoisotopic (exact) mass is 173 g/mol. The normalized spacial score (nSPS) is 25.4. The zero-order valence-electron chi connectivity index (χ0n) is 6.11. The molecule has 0 amide bonds. The van der Waals surface area contributed by atoms with Gasteiger partial charge in [0.05, 0.1) is 0 Å². The lowest BCUT2D eigenvalue weighted by Crippen LogP contribution is -2.37. The topological polar surface area (TPSA) is 95.7 Å². The van der Waals surface area contributed by atoms with E-state index in [0.29, 0.717) is 0 Å². The van der Waals surface area contributed by atoms with Gasteiger partial charge in [0.15, 0.2) is 0 Å². The molecule has 1 saturated heterocycles. The molecule has 0 spiro atoms. The van der Waals surface area contributed by atoms with Crippen LogP contribution in [0.5, 0.6) is 0 Å². The Labute approximate surface area is 67.6 Å². The number of carbonyl (C=O) groups is 3. The van der Waals surface area contributed by atoms with Gasteiger partial charge in [0, 0.05) is 6.42 Å². The molecule has 1 rings (SSSR count). The first-order chi connectivity index (χ1) is 5.59. The van der Waals surface area contributed by atoms with E-state index in [1.165, 1.54) is 0 Å². The largest absolute Gasteiger partial charge is 0.524 e. The SMILES string of the molecule is N[C@H]1CCC(=O)OC(=O)OC1=O. The molecule has 0 aliphatic carbocycles. The van der Waals surface area contributed by atoms with Crippen LogP contribution < -0.4 is 5.73 Å². The highest BCUT2D eigenvalue weighted by atomic mass is 16.8. The van der Waals surface area contributed by atoms with Crippen LogP contribution in [0.15, 0.2) is 0 Å². The molecule has 2 N–H and O–H groups in total. The fraction of sp³-hybridized carbons (Fsp3) is 0.500. The van der Waals surface area contributed by atoms with Crippen molar-refractivity contribution in [1.29, 1.82) is 0 Å². The number of carbonyl (C=O) groups excluding carboxylic acids is 3. The van der Waals surface area contributed by atoms with Crippen LogP contribution in [0.1, 0.15) is 12.8 Å². The fourth-order valence-corrected chi connectivity index (χ4v) is 0.714. The molecule has 0 radical (unpaired) electrons. The van der Waals surface area contributed by atoms with Crippen LogP contribution in [0.4, 0.5) is 4.79 Å². The average Bonchev–Trinajstić information content (AvgIpc) is 1.98. The third-order valence-corrected chi connectivity index (χ3v) is 1.34. The average molecular weight is 173 g/mol. The van der Waals surface area contributed by atoms with Crippen molar-refractivity contribution in [3.05, 3.63) is 0 Å². The van der Waals surface area contributed by atoms with E-state index in [1.54, 1.807) is 0 Å². The Bertz CT molecular complexity index is 236. The van der Waals surface area contributed by atoms with Gasteiger partial charge in [-0.15, -0.1) is 0 Å². The Morgan fingerprint density at radius 1 is 1.25 bits per heavy atom. The predicted molar refractivity (Wildman–Crippen MR) is 34.8 cm³/mol. The van der Waals surface area contributed by atoms with E-state index in [4.69, 9.17) is 5.73 Å². The van der Waals surface area contributed by atoms with Crippen LogP contribution in [-0.2, 0) is 19.1 Å². The van der Waals surface area contributed by atoms with Crippen LogP contribution in [0, 0.1) is 0 Å². The highest BCUT2D eigenvalue weighted by Gasteiger charge is 2.26. The zero-order valence-corrected chi connectivity index (χ0v) is 6.11. The fourth-order valence-electron chi connectivity index (χ4n) is 0.714. The number of esters is 2. The van der Waals surface area contributed by atoms with E-state index >= 15 is 0 Å². The standard InChI is InChI=1S/C6H7NO5/c7-3-1-2-4(8)11-6(10)12-5(3)9/h3H,1-2,7H2/t3-/m0/s1. The van der Waals surface area contributed by atoms with Gasteiger partial charge in [-0.2, -0.15) is 0 Å². The number of hydrogen-bond donors (Lipinski definition) is 1. The molecule has 0 unspecified atom stereocenters. The molecule has 12 heavy (non-hydrogen) atoms. The highest BCUT2D eigenvalue weighted by Crippen LogP contribution is 2.04. The van der Waals surface area contributed by atoms with Crippen molar-refractivity contribution < 1.29 is 23.9 Å². The van der Waals surface area contributed by atoms with Crippen molar-refractivity contribution in [3.8, 4) is 0 Å². The van der Waals surface area contributed by atoms with Crippen molar-refractivity contribution in [2.24, 2.45) is 5.73 Å². The van der Waals surface area contributed by atoms with Crippen molar-refractivity contribution in [2.45, 2.75) is 18.9 Å². The summed E-state index contributed by atoms with van der Waals surface area (Å²) < 4.78 is 8.06. The second kappa shape index (κ2) is 3.31. The van der Waals surface area contributed by atoms with E-state index in [9.17, 15) is 14.4 Å². The molecular formula is C6H7NO5. The molecule has 1 atom stereocenters. The molecule has 0 bridgehead atoms. The maximum atomic E-state index is 10.7. The summed E-state index contributed by atoms with van der Waals surface area (Å²) >= 11 is 0. The van der Waals surface area contributed by atoms with E-state index < -0.39 is 24.1 Å². The lowest BCUT2D eigenvalue weighted by molar-refractivity contribution is -0.150. The summed E-state index contributed by atoms with van der Waals surface area (Å²) in [4.78, 5) is 31.8. The minimum Gasteiger partial charge on any atom is -0.360 e. The quantitative estimate of drug-likeness (QED) is 0.385. The summed E-state index contributed by atoms with van der Waals surface area (Å²) in [5, 5.41) is 0. The summed E-state index contributed by atoms with van der Waals surface area (Å²) in [6.07, 6.45) is -1.23. The lowest BCUT2D eigenvalue weighted by Gasteiger charge is -2.12. The number of nitrogens with two attached hydrogens (primary N) is 1. The number of cyclic esters (lactones) is 4. The molecule has 0 aromatic heterocycles. The van der Waals surface area contributed by atoms with E-state index in [2.05, 4.69) is 9.47 Å². The second-order valence-electron chi connectivity index (χ2n) is 2.29. The van der Waals surface area contributed by atoms with Gasteiger partial charge in [-0.05, 0) is 6.42 Å². The molecule has 1 heterocycles. The van der Waals surface area contributed by atoms with Crippen LogP contribution in [0.3, 0.4) is 0 Å². The number of rotatable bonds is 0. The first kappa shape index (κ1) is 8.66. The van der Waals surface area contributed by atoms with Crippen LogP contribution in [-0.4, -0.2) is 24.1 Å². The van der Waals surface area contributed by atoms with Crippen LogP contribution in [0.25, 0.3) is 0 Å². The Balaban J connectivity index is 2.64. The Hall–Kier alpha value is -1.43. The van der Waals surface area contributed by atoms with Gasteiger partial charge in [-0.25, -0.2) is 9.59 Å². The third-order valence-electron chi connectivity index (χ3n) is 1.34. The van der Waals surface area contributed by atoms with Gasteiger partial charge in [-0.3, -0.25) is 4.79 Å². The maximum Gasteiger partial charge on any atom is 0.524 e. The minimum absolute atomic E-state index is 0.0536. The molecule has 6 heteroatoms. The summed E-state index contributed by atoms with van der Waals surface area (Å²) in [7, 11) is 0. The summed E-state index contributed by atoms with van der Waals surface area (Å²) in [5.41, 5.74) is 5.24. The van der Waals surface area contributed by atoms with Crippen LogP contribution >= 0.6 is 0 Å². The van der Waals surface area contributed by atoms with Gasteiger partial charge in [0.25, 0.3) is 0 Å². The Kier molecular flexibility index (Phi) is 2.39. The van der Waals surface area contributed by atoms with Gasteiger partial charge in [-0.1, -0.05) is 0 Å². The van der Waals surface area contributed by atoms with Gasteiger partial charge in [0.1, 0.15) is 6.04 Å². The molecule has 0 aromatic rings. The maximum absolute atomic E-state index is 10.7.